The predicted octanol–water partition coefficient (Wildman–Crippen LogP) is 5.71. The molecule has 0 unspecified atom stereocenters. The quantitative estimate of drug-likeness (QED) is 0.257. The first-order valence-electron chi connectivity index (χ1n) is 13.0. The van der Waals surface area contributed by atoms with E-state index in [1.807, 2.05) is 43.4 Å². The largest absolute Gasteiger partial charge is 0.366 e. The molecule has 0 aromatic heterocycles. The van der Waals surface area contributed by atoms with Gasteiger partial charge in [-0.05, 0) is 88.0 Å². The van der Waals surface area contributed by atoms with Crippen LogP contribution < -0.4 is 21.7 Å². The molecule has 1 fully saturated rings. The molecule has 11 heteroatoms. The van der Waals surface area contributed by atoms with Gasteiger partial charge in [0.2, 0.25) is 17.7 Å². The van der Waals surface area contributed by atoms with Gasteiger partial charge in [-0.1, -0.05) is 44.5 Å². The molecule has 0 aliphatic carbocycles. The van der Waals surface area contributed by atoms with Crippen LogP contribution in [0.2, 0.25) is 5.02 Å². The maximum absolute atomic E-state index is 15.9. The molecule has 0 radical (unpaired) electrons. The molecule has 4 atom stereocenters. The third kappa shape index (κ3) is 5.10. The van der Waals surface area contributed by atoms with Crippen molar-refractivity contribution in [3.8, 4) is 0 Å². The molecular formula is C30H28ClF2IN4O3. The highest BCUT2D eigenvalue weighted by Gasteiger charge is 2.66. The van der Waals surface area contributed by atoms with E-state index < -0.39 is 52.8 Å². The number of benzene rings is 3. The highest BCUT2D eigenvalue weighted by Crippen LogP contribution is 2.57. The molecule has 1 spiro atoms. The molecule has 2 aliphatic rings. The Hall–Kier alpha value is -3.09. The second kappa shape index (κ2) is 10.6. The van der Waals surface area contributed by atoms with Crippen LogP contribution in [0.3, 0.4) is 0 Å². The number of amides is 3. The number of hydrogen-bond acceptors (Lipinski definition) is 4. The van der Waals surface area contributed by atoms with Crippen molar-refractivity contribution >= 4 is 63.3 Å². The first-order chi connectivity index (χ1) is 19.2. The van der Waals surface area contributed by atoms with Gasteiger partial charge in [0, 0.05) is 32.5 Å². The molecular weight excluding hydrogens is 665 g/mol. The zero-order chi connectivity index (χ0) is 29.9. The van der Waals surface area contributed by atoms with Gasteiger partial charge >= 0.3 is 0 Å². The number of carbonyl (C=O) groups excluding carboxylic acids is 3. The summed E-state index contributed by atoms with van der Waals surface area (Å²) in [7, 11) is 0. The number of carbonyl (C=O) groups is 3. The Morgan fingerprint density at radius 3 is 2.44 bits per heavy atom. The Labute approximate surface area is 254 Å². The molecule has 214 valence electrons. The average Bonchev–Trinajstić information content (AvgIpc) is 3.35. The van der Waals surface area contributed by atoms with Gasteiger partial charge in [-0.3, -0.25) is 14.4 Å². The van der Waals surface area contributed by atoms with Gasteiger partial charge in [0.05, 0.1) is 11.1 Å². The summed E-state index contributed by atoms with van der Waals surface area (Å²) in [6.45, 7) is 5.98. The number of anilines is 2. The van der Waals surface area contributed by atoms with E-state index in [4.69, 9.17) is 17.3 Å². The molecule has 0 bridgehead atoms. The summed E-state index contributed by atoms with van der Waals surface area (Å²) in [6, 6.07) is 11.6. The van der Waals surface area contributed by atoms with Gasteiger partial charge in [0.1, 0.15) is 17.0 Å². The Kier molecular flexibility index (Phi) is 7.62. The summed E-state index contributed by atoms with van der Waals surface area (Å²) in [5.74, 6) is -3.95. The summed E-state index contributed by atoms with van der Waals surface area (Å²) < 4.78 is 31.3. The normalized spacial score (nSPS) is 23.4. The van der Waals surface area contributed by atoms with Crippen LogP contribution in [0.15, 0.2) is 54.6 Å². The van der Waals surface area contributed by atoms with E-state index in [0.717, 1.165) is 0 Å². The third-order valence-corrected chi connectivity index (χ3v) is 8.86. The fraction of sp³-hybridized carbons (Fsp3) is 0.300. The minimum Gasteiger partial charge on any atom is -0.366 e. The maximum Gasteiger partial charge on any atom is 0.248 e. The van der Waals surface area contributed by atoms with Crippen LogP contribution in [0.5, 0.6) is 0 Å². The van der Waals surface area contributed by atoms with E-state index in [2.05, 4.69) is 16.0 Å². The van der Waals surface area contributed by atoms with Gasteiger partial charge in [-0.15, -0.1) is 0 Å². The van der Waals surface area contributed by atoms with E-state index in [9.17, 15) is 14.4 Å². The van der Waals surface area contributed by atoms with E-state index in [1.165, 1.54) is 36.4 Å². The van der Waals surface area contributed by atoms with Crippen molar-refractivity contribution in [3.05, 3.63) is 91.5 Å². The second-order valence-corrected chi connectivity index (χ2v) is 13.2. The van der Waals surface area contributed by atoms with Crippen LogP contribution in [0.4, 0.5) is 20.2 Å². The Morgan fingerprint density at radius 1 is 1.12 bits per heavy atom. The SMILES string of the molecule is CC(C)(C)C[C@@H]1N[C@@H](C(=O)Nc2ccc(C(N)=O)cc2)[C@H](c2cccc(I)c2F)[C@]12C(=O)Nc1cc(Cl)c(F)cc12. The van der Waals surface area contributed by atoms with Gasteiger partial charge in [-0.25, -0.2) is 8.78 Å². The van der Waals surface area contributed by atoms with Gasteiger partial charge in [0.15, 0.2) is 0 Å². The molecule has 1 saturated heterocycles. The lowest BCUT2D eigenvalue weighted by Gasteiger charge is -2.37. The van der Waals surface area contributed by atoms with Crippen LogP contribution in [-0.2, 0) is 15.0 Å². The summed E-state index contributed by atoms with van der Waals surface area (Å²) >= 11 is 7.95. The number of halogens is 4. The van der Waals surface area contributed by atoms with Crippen LogP contribution in [0.25, 0.3) is 0 Å². The van der Waals surface area contributed by atoms with E-state index >= 15 is 8.78 Å². The van der Waals surface area contributed by atoms with Crippen LogP contribution in [0.1, 0.15) is 54.6 Å². The molecule has 0 saturated carbocycles. The lowest BCUT2D eigenvalue weighted by molar-refractivity contribution is -0.122. The van der Waals surface area contributed by atoms with Gasteiger partial charge < -0.3 is 21.7 Å². The van der Waals surface area contributed by atoms with Crippen molar-refractivity contribution < 1.29 is 23.2 Å². The minimum absolute atomic E-state index is 0.156. The molecule has 2 heterocycles. The molecule has 3 aromatic rings. The van der Waals surface area contributed by atoms with Gasteiger partial charge in [0.25, 0.3) is 0 Å². The summed E-state index contributed by atoms with van der Waals surface area (Å²) in [5.41, 5.74) is 4.90. The van der Waals surface area contributed by atoms with Crippen molar-refractivity contribution in [2.45, 2.75) is 50.6 Å². The van der Waals surface area contributed by atoms with Crippen molar-refractivity contribution in [2.75, 3.05) is 10.6 Å². The van der Waals surface area contributed by atoms with E-state index in [0.29, 0.717) is 26.9 Å². The molecule has 3 amide bonds. The first-order valence-corrected chi connectivity index (χ1v) is 14.4. The van der Waals surface area contributed by atoms with Crippen molar-refractivity contribution in [1.82, 2.24) is 5.32 Å². The molecule has 7 nitrogen and oxygen atoms in total. The fourth-order valence-corrected chi connectivity index (χ4v) is 6.78. The lowest BCUT2D eigenvalue weighted by Crippen LogP contribution is -2.49. The number of hydrogen-bond donors (Lipinski definition) is 4. The third-order valence-electron chi connectivity index (χ3n) is 7.74. The number of nitrogens with two attached hydrogens (primary N) is 1. The fourth-order valence-electron chi connectivity index (χ4n) is 6.10. The smallest absolute Gasteiger partial charge is 0.248 e. The molecule has 41 heavy (non-hydrogen) atoms. The first kappa shape index (κ1) is 29.4. The number of nitrogens with one attached hydrogen (secondary N) is 3. The van der Waals surface area contributed by atoms with E-state index in [-0.39, 0.29) is 21.6 Å². The van der Waals surface area contributed by atoms with Crippen LogP contribution >= 0.6 is 34.2 Å². The topological polar surface area (TPSA) is 113 Å². The monoisotopic (exact) mass is 692 g/mol. The predicted molar refractivity (Wildman–Crippen MR) is 162 cm³/mol. The molecule has 3 aromatic carbocycles. The van der Waals surface area contributed by atoms with Crippen molar-refractivity contribution in [2.24, 2.45) is 11.1 Å². The number of primary amides is 1. The van der Waals surface area contributed by atoms with Crippen molar-refractivity contribution in [1.29, 1.82) is 0 Å². The molecule has 2 aliphatic heterocycles. The van der Waals surface area contributed by atoms with Gasteiger partial charge in [-0.2, -0.15) is 0 Å². The number of rotatable bonds is 5. The highest BCUT2D eigenvalue weighted by atomic mass is 127. The minimum atomic E-state index is -1.54. The average molecular weight is 693 g/mol. The maximum atomic E-state index is 15.9. The zero-order valence-electron chi connectivity index (χ0n) is 22.4. The Balaban J connectivity index is 1.71. The summed E-state index contributed by atoms with van der Waals surface area (Å²) in [4.78, 5) is 39.6. The number of fused-ring (bicyclic) bond motifs is 2. The van der Waals surface area contributed by atoms with Crippen LogP contribution in [-0.4, -0.2) is 29.8 Å². The summed E-state index contributed by atoms with van der Waals surface area (Å²) in [6.07, 6.45) is 0.406. The molecule has 5 N–H and O–H groups in total. The molecule has 5 rings (SSSR count). The lowest BCUT2D eigenvalue weighted by atomic mass is 9.62. The standard InChI is InChI=1S/C30H28ClF2IN4O3/c1-29(2,3)13-22-30(17-11-19(32)18(31)12-21(17)37-28(30)41)23(16-5-4-6-20(34)24(16)33)25(38-22)27(40)36-15-9-7-14(8-10-15)26(35)39/h4-12,22-23,25,38H,13H2,1-3H3,(H2,35,39)(H,36,40)(H,37,41)/t22-,23-,25+,30+/m0/s1. The summed E-state index contributed by atoms with van der Waals surface area (Å²) in [5, 5.41) is 8.87. The van der Waals surface area contributed by atoms with Crippen molar-refractivity contribution in [3.63, 3.8) is 0 Å². The Morgan fingerprint density at radius 2 is 1.80 bits per heavy atom. The Bertz CT molecular complexity index is 1580. The van der Waals surface area contributed by atoms with E-state index in [1.54, 1.807) is 18.2 Å². The highest BCUT2D eigenvalue weighted by molar-refractivity contribution is 14.1. The zero-order valence-corrected chi connectivity index (χ0v) is 25.4. The second-order valence-electron chi connectivity index (χ2n) is 11.6. The van der Waals surface area contributed by atoms with Crippen LogP contribution in [0, 0.1) is 20.6 Å².